The van der Waals surface area contributed by atoms with E-state index >= 15 is 0 Å². The van der Waals surface area contributed by atoms with Crippen LogP contribution in [0.5, 0.6) is 0 Å². The Hall–Kier alpha value is -1.27. The first-order valence-corrected chi connectivity index (χ1v) is 8.95. The van der Waals surface area contributed by atoms with Crippen LogP contribution in [0.3, 0.4) is 0 Å². The highest BCUT2D eigenvalue weighted by Crippen LogP contribution is 2.20. The molecule has 22 heavy (non-hydrogen) atoms. The Bertz CT molecular complexity index is 506. The van der Waals surface area contributed by atoms with E-state index in [1.807, 2.05) is 6.07 Å². The van der Waals surface area contributed by atoms with Crippen molar-refractivity contribution in [1.82, 2.24) is 16.2 Å². The van der Waals surface area contributed by atoms with Gasteiger partial charge < -0.3 is 5.32 Å². The molecule has 0 bridgehead atoms. The maximum Gasteiger partial charge on any atom is 0.248 e. The molecule has 1 aromatic rings. The fourth-order valence-corrected chi connectivity index (χ4v) is 2.68. The molecule has 0 spiro atoms. The number of amides is 1. The summed E-state index contributed by atoms with van der Waals surface area (Å²) >= 11 is 6.60. The molecule has 0 unspecified atom stereocenters. The highest BCUT2D eigenvalue weighted by atomic mass is 32.2. The molecule has 122 valence electrons. The summed E-state index contributed by atoms with van der Waals surface area (Å²) in [6, 6.07) is 6.21. The molecule has 0 heterocycles. The summed E-state index contributed by atoms with van der Waals surface area (Å²) in [5, 5.41) is 3.52. The zero-order valence-electron chi connectivity index (χ0n) is 13.5. The fraction of sp³-hybridized carbons (Fsp3) is 0.500. The first-order chi connectivity index (χ1) is 10.5. The molecule has 0 fully saturated rings. The van der Waals surface area contributed by atoms with Gasteiger partial charge in [0, 0.05) is 11.4 Å². The van der Waals surface area contributed by atoms with Crippen LogP contribution in [0, 0.1) is 13.8 Å². The molecular formula is C16H25N3OS2. The Morgan fingerprint density at radius 1 is 1.18 bits per heavy atom. The van der Waals surface area contributed by atoms with Gasteiger partial charge in [-0.25, -0.2) is 0 Å². The van der Waals surface area contributed by atoms with Crippen LogP contribution in [0.1, 0.15) is 37.3 Å². The quantitative estimate of drug-likeness (QED) is 0.308. The number of hydrogen-bond donors (Lipinski definition) is 3. The summed E-state index contributed by atoms with van der Waals surface area (Å²) < 4.78 is 0. The highest BCUT2D eigenvalue weighted by molar-refractivity contribution is 8.00. The van der Waals surface area contributed by atoms with Gasteiger partial charge in [0.1, 0.15) is 0 Å². The number of thiocarbonyl (C=S) groups is 1. The van der Waals surface area contributed by atoms with Crippen molar-refractivity contribution >= 4 is 35.0 Å². The minimum absolute atomic E-state index is 0.0964. The lowest BCUT2D eigenvalue weighted by atomic mass is 10.1. The number of rotatable bonds is 7. The Kier molecular flexibility index (Phi) is 8.92. The van der Waals surface area contributed by atoms with Crippen LogP contribution in [0.4, 0.5) is 0 Å². The topological polar surface area (TPSA) is 53.2 Å². The van der Waals surface area contributed by atoms with E-state index in [4.69, 9.17) is 12.2 Å². The fourth-order valence-electron chi connectivity index (χ4n) is 1.74. The van der Waals surface area contributed by atoms with Gasteiger partial charge in [-0.15, -0.1) is 11.8 Å². The molecule has 0 radical (unpaired) electrons. The minimum atomic E-state index is -0.0964. The largest absolute Gasteiger partial charge is 0.361 e. The average Bonchev–Trinajstić information content (AvgIpc) is 2.50. The lowest BCUT2D eigenvalue weighted by Crippen LogP contribution is -2.47. The lowest BCUT2D eigenvalue weighted by molar-refractivity contribution is -0.119. The van der Waals surface area contributed by atoms with Crippen molar-refractivity contribution in [3.8, 4) is 0 Å². The second-order valence-corrected chi connectivity index (χ2v) is 6.63. The summed E-state index contributed by atoms with van der Waals surface area (Å²) in [4.78, 5) is 12.9. The van der Waals surface area contributed by atoms with Crippen LogP contribution < -0.4 is 16.2 Å². The molecule has 4 nitrogen and oxygen atoms in total. The molecule has 1 amide bonds. The summed E-state index contributed by atoms with van der Waals surface area (Å²) in [6.45, 7) is 7.13. The highest BCUT2D eigenvalue weighted by Gasteiger charge is 2.04. The third-order valence-electron chi connectivity index (χ3n) is 3.23. The van der Waals surface area contributed by atoms with Crippen LogP contribution in [-0.4, -0.2) is 23.3 Å². The van der Waals surface area contributed by atoms with Gasteiger partial charge in [0.2, 0.25) is 5.91 Å². The smallest absolute Gasteiger partial charge is 0.248 e. The van der Waals surface area contributed by atoms with E-state index < -0.39 is 0 Å². The number of benzene rings is 1. The predicted octanol–water partition coefficient (Wildman–Crippen LogP) is 3.08. The van der Waals surface area contributed by atoms with Crippen molar-refractivity contribution in [2.75, 3.05) is 12.3 Å². The van der Waals surface area contributed by atoms with E-state index in [2.05, 4.69) is 49.1 Å². The molecule has 0 saturated heterocycles. The Labute approximate surface area is 142 Å². The minimum Gasteiger partial charge on any atom is -0.361 e. The molecule has 6 heteroatoms. The molecule has 1 rings (SSSR count). The molecule has 0 aliphatic carbocycles. The van der Waals surface area contributed by atoms with Crippen molar-refractivity contribution in [3.05, 3.63) is 29.3 Å². The number of aryl methyl sites for hydroxylation is 2. The van der Waals surface area contributed by atoms with E-state index in [9.17, 15) is 4.79 Å². The maximum atomic E-state index is 11.8. The second kappa shape index (κ2) is 10.5. The second-order valence-electron chi connectivity index (χ2n) is 5.17. The van der Waals surface area contributed by atoms with Gasteiger partial charge in [-0.2, -0.15) is 0 Å². The molecule has 0 aromatic heterocycles. The van der Waals surface area contributed by atoms with Crippen molar-refractivity contribution in [1.29, 1.82) is 0 Å². The van der Waals surface area contributed by atoms with Gasteiger partial charge >= 0.3 is 0 Å². The Morgan fingerprint density at radius 2 is 1.95 bits per heavy atom. The summed E-state index contributed by atoms with van der Waals surface area (Å²) in [5.74, 6) is 0.259. The number of thioether (sulfide) groups is 1. The number of carbonyl (C=O) groups is 1. The van der Waals surface area contributed by atoms with Crippen molar-refractivity contribution in [2.45, 2.75) is 44.9 Å². The lowest BCUT2D eigenvalue weighted by Gasteiger charge is -2.11. The van der Waals surface area contributed by atoms with Gasteiger partial charge in [0.15, 0.2) is 5.11 Å². The number of carbonyl (C=O) groups excluding carboxylic acids is 1. The summed E-state index contributed by atoms with van der Waals surface area (Å²) in [7, 11) is 0. The standard InChI is InChI=1S/C16H25N3OS2/c1-4-5-6-9-17-16(21)19-18-15(20)11-22-14-8-7-12(2)13(3)10-14/h7-8,10H,4-6,9,11H2,1-3H3,(H,18,20)(H2,17,19,21). The molecule has 0 atom stereocenters. The third kappa shape index (κ3) is 7.66. The van der Waals surface area contributed by atoms with Gasteiger partial charge in [-0.3, -0.25) is 15.6 Å². The van der Waals surface area contributed by atoms with Gasteiger partial charge in [-0.05, 0) is 55.7 Å². The van der Waals surface area contributed by atoms with Gasteiger partial charge in [0.05, 0.1) is 5.75 Å². The van der Waals surface area contributed by atoms with Crippen LogP contribution in [0.15, 0.2) is 23.1 Å². The van der Waals surface area contributed by atoms with Gasteiger partial charge in [0.25, 0.3) is 0 Å². The van der Waals surface area contributed by atoms with E-state index in [1.165, 1.54) is 35.7 Å². The Balaban J connectivity index is 2.20. The molecule has 3 N–H and O–H groups in total. The van der Waals surface area contributed by atoms with Crippen LogP contribution in [-0.2, 0) is 4.79 Å². The van der Waals surface area contributed by atoms with E-state index in [0.717, 1.165) is 17.9 Å². The molecule has 0 aliphatic rings. The van der Waals surface area contributed by atoms with Crippen LogP contribution in [0.25, 0.3) is 0 Å². The molecular weight excluding hydrogens is 314 g/mol. The van der Waals surface area contributed by atoms with Crippen molar-refractivity contribution < 1.29 is 4.79 Å². The average molecular weight is 340 g/mol. The Morgan fingerprint density at radius 3 is 2.64 bits per heavy atom. The zero-order chi connectivity index (χ0) is 16.4. The van der Waals surface area contributed by atoms with Crippen molar-refractivity contribution in [2.24, 2.45) is 0 Å². The number of unbranched alkanes of at least 4 members (excludes halogenated alkanes) is 2. The molecule has 0 aliphatic heterocycles. The molecule has 0 saturated carbocycles. The number of nitrogens with one attached hydrogen (secondary N) is 3. The van der Waals surface area contributed by atoms with Crippen molar-refractivity contribution in [3.63, 3.8) is 0 Å². The SMILES string of the molecule is CCCCCNC(=S)NNC(=O)CSc1ccc(C)c(C)c1. The zero-order valence-corrected chi connectivity index (χ0v) is 15.1. The normalized spacial score (nSPS) is 10.1. The monoisotopic (exact) mass is 339 g/mol. The summed E-state index contributed by atoms with van der Waals surface area (Å²) in [6.07, 6.45) is 3.43. The maximum absolute atomic E-state index is 11.8. The number of hydrazine groups is 1. The van der Waals surface area contributed by atoms with Gasteiger partial charge in [-0.1, -0.05) is 25.8 Å². The first kappa shape index (κ1) is 18.8. The number of hydrogen-bond acceptors (Lipinski definition) is 3. The predicted molar refractivity (Wildman–Crippen MR) is 98.0 cm³/mol. The van der Waals surface area contributed by atoms with E-state index in [1.54, 1.807) is 0 Å². The van der Waals surface area contributed by atoms with E-state index in [0.29, 0.717) is 10.9 Å². The molecule has 1 aromatic carbocycles. The first-order valence-electron chi connectivity index (χ1n) is 7.55. The van der Waals surface area contributed by atoms with Crippen LogP contribution in [0.2, 0.25) is 0 Å². The third-order valence-corrected chi connectivity index (χ3v) is 4.47. The van der Waals surface area contributed by atoms with E-state index in [-0.39, 0.29) is 5.91 Å². The summed E-state index contributed by atoms with van der Waals surface area (Å²) in [5.41, 5.74) is 7.83. The van der Waals surface area contributed by atoms with Crippen LogP contribution >= 0.6 is 24.0 Å².